The standard InChI is InChI=1S/C14H16N2S/c1-10-8-17-9-12(10)7-16-13-5-4-11-3-2-6-15-14(11)13/h2-3,6,8-9,13,16H,4-5,7H2,1H3. The molecule has 88 valence electrons. The third kappa shape index (κ3) is 2.13. The van der Waals surface area contributed by atoms with Crippen LogP contribution in [0.3, 0.4) is 0 Å². The van der Waals surface area contributed by atoms with Crippen LogP contribution in [0, 0.1) is 6.92 Å². The van der Waals surface area contributed by atoms with Gasteiger partial charge in [-0.2, -0.15) is 11.3 Å². The molecule has 0 radical (unpaired) electrons. The van der Waals surface area contributed by atoms with Gasteiger partial charge >= 0.3 is 0 Å². The molecule has 17 heavy (non-hydrogen) atoms. The van der Waals surface area contributed by atoms with E-state index in [1.807, 2.05) is 12.3 Å². The van der Waals surface area contributed by atoms with Crippen molar-refractivity contribution in [2.24, 2.45) is 0 Å². The van der Waals surface area contributed by atoms with Gasteiger partial charge in [-0.1, -0.05) is 6.07 Å². The second-order valence-electron chi connectivity index (χ2n) is 4.60. The molecule has 0 aliphatic heterocycles. The van der Waals surface area contributed by atoms with E-state index in [0.717, 1.165) is 13.0 Å². The molecule has 1 atom stereocenters. The van der Waals surface area contributed by atoms with Crippen molar-refractivity contribution < 1.29 is 0 Å². The molecule has 3 heteroatoms. The zero-order chi connectivity index (χ0) is 11.7. The van der Waals surface area contributed by atoms with Gasteiger partial charge < -0.3 is 5.32 Å². The van der Waals surface area contributed by atoms with Gasteiger partial charge in [0.25, 0.3) is 0 Å². The summed E-state index contributed by atoms with van der Waals surface area (Å²) in [6.45, 7) is 3.13. The van der Waals surface area contributed by atoms with E-state index in [1.165, 1.54) is 28.8 Å². The Morgan fingerprint density at radius 1 is 1.47 bits per heavy atom. The third-order valence-electron chi connectivity index (χ3n) is 3.46. The van der Waals surface area contributed by atoms with E-state index in [0.29, 0.717) is 6.04 Å². The van der Waals surface area contributed by atoms with Gasteiger partial charge in [0.1, 0.15) is 0 Å². The highest BCUT2D eigenvalue weighted by Gasteiger charge is 2.22. The maximum Gasteiger partial charge on any atom is 0.0605 e. The summed E-state index contributed by atoms with van der Waals surface area (Å²) in [4.78, 5) is 4.50. The molecule has 1 aliphatic carbocycles. The Labute approximate surface area is 106 Å². The van der Waals surface area contributed by atoms with Crippen LogP contribution in [-0.4, -0.2) is 4.98 Å². The summed E-state index contributed by atoms with van der Waals surface area (Å²) in [6.07, 6.45) is 4.23. The molecule has 2 aromatic heterocycles. The quantitative estimate of drug-likeness (QED) is 0.896. The first-order valence-corrected chi connectivity index (χ1v) is 6.97. The maximum absolute atomic E-state index is 4.50. The van der Waals surface area contributed by atoms with E-state index >= 15 is 0 Å². The maximum atomic E-state index is 4.50. The molecule has 0 saturated carbocycles. The Hall–Kier alpha value is -1.19. The van der Waals surface area contributed by atoms with Gasteiger partial charge in [-0.3, -0.25) is 4.98 Å². The van der Waals surface area contributed by atoms with Gasteiger partial charge in [0.05, 0.1) is 11.7 Å². The van der Waals surface area contributed by atoms with E-state index in [2.05, 4.69) is 34.1 Å². The lowest BCUT2D eigenvalue weighted by molar-refractivity contribution is 0.521. The van der Waals surface area contributed by atoms with E-state index in [9.17, 15) is 0 Å². The fourth-order valence-electron chi connectivity index (χ4n) is 2.41. The fourth-order valence-corrected chi connectivity index (χ4v) is 3.27. The second-order valence-corrected chi connectivity index (χ2v) is 5.34. The van der Waals surface area contributed by atoms with E-state index < -0.39 is 0 Å². The summed E-state index contributed by atoms with van der Waals surface area (Å²) < 4.78 is 0. The van der Waals surface area contributed by atoms with Crippen LogP contribution in [0.25, 0.3) is 0 Å². The van der Waals surface area contributed by atoms with Crippen LogP contribution in [0.5, 0.6) is 0 Å². The van der Waals surface area contributed by atoms with Crippen molar-refractivity contribution in [3.8, 4) is 0 Å². The second kappa shape index (κ2) is 4.59. The van der Waals surface area contributed by atoms with E-state index in [1.54, 1.807) is 11.3 Å². The topological polar surface area (TPSA) is 24.9 Å². The smallest absolute Gasteiger partial charge is 0.0605 e. The van der Waals surface area contributed by atoms with E-state index in [-0.39, 0.29) is 0 Å². The largest absolute Gasteiger partial charge is 0.304 e. The lowest BCUT2D eigenvalue weighted by Gasteiger charge is -2.12. The monoisotopic (exact) mass is 244 g/mol. The molecule has 0 amide bonds. The highest BCUT2D eigenvalue weighted by Crippen LogP contribution is 2.29. The van der Waals surface area contributed by atoms with Crippen LogP contribution in [-0.2, 0) is 13.0 Å². The minimum atomic E-state index is 0.436. The predicted octanol–water partition coefficient (Wildman–Crippen LogP) is 3.23. The summed E-state index contributed by atoms with van der Waals surface area (Å²) in [7, 11) is 0. The molecule has 0 saturated heterocycles. The van der Waals surface area contributed by atoms with Crippen molar-refractivity contribution in [3.05, 3.63) is 51.5 Å². The summed E-state index contributed by atoms with van der Waals surface area (Å²) in [5.74, 6) is 0. The number of rotatable bonds is 3. The number of aromatic nitrogens is 1. The molecule has 0 bridgehead atoms. The van der Waals surface area contributed by atoms with Gasteiger partial charge in [-0.05, 0) is 53.3 Å². The average molecular weight is 244 g/mol. The molecular weight excluding hydrogens is 228 g/mol. The summed E-state index contributed by atoms with van der Waals surface area (Å²) in [5, 5.41) is 8.06. The molecule has 2 heterocycles. The van der Waals surface area contributed by atoms with Crippen LogP contribution >= 0.6 is 11.3 Å². The number of nitrogens with zero attached hydrogens (tertiary/aromatic N) is 1. The van der Waals surface area contributed by atoms with Crippen molar-refractivity contribution in [3.63, 3.8) is 0 Å². The number of hydrogen-bond donors (Lipinski definition) is 1. The Morgan fingerprint density at radius 3 is 3.24 bits per heavy atom. The minimum absolute atomic E-state index is 0.436. The number of hydrogen-bond acceptors (Lipinski definition) is 3. The first kappa shape index (κ1) is 10.9. The molecule has 0 aromatic carbocycles. The Kier molecular flexibility index (Phi) is 2.95. The fraction of sp³-hybridized carbons (Fsp3) is 0.357. The highest BCUT2D eigenvalue weighted by molar-refractivity contribution is 7.08. The van der Waals surface area contributed by atoms with Crippen LogP contribution in [0.15, 0.2) is 29.1 Å². The van der Waals surface area contributed by atoms with Crippen LogP contribution in [0.1, 0.15) is 34.8 Å². The number of thiophene rings is 1. The third-order valence-corrected chi connectivity index (χ3v) is 4.37. The molecular formula is C14H16N2S. The Bertz CT molecular complexity index is 518. The van der Waals surface area contributed by atoms with Gasteiger partial charge in [0.15, 0.2) is 0 Å². The van der Waals surface area contributed by atoms with Gasteiger partial charge in [-0.25, -0.2) is 0 Å². The van der Waals surface area contributed by atoms with Crippen molar-refractivity contribution >= 4 is 11.3 Å². The molecule has 3 rings (SSSR count). The summed E-state index contributed by atoms with van der Waals surface area (Å²) in [5.41, 5.74) is 5.47. The molecule has 1 N–H and O–H groups in total. The molecule has 1 aliphatic rings. The Morgan fingerprint density at radius 2 is 2.41 bits per heavy atom. The van der Waals surface area contributed by atoms with Crippen LogP contribution < -0.4 is 5.32 Å². The SMILES string of the molecule is Cc1cscc1CNC1CCc2cccnc21. The molecule has 2 aromatic rings. The van der Waals surface area contributed by atoms with Crippen molar-refractivity contribution in [2.75, 3.05) is 0 Å². The lowest BCUT2D eigenvalue weighted by atomic mass is 10.2. The van der Waals surface area contributed by atoms with Crippen molar-refractivity contribution in [1.82, 2.24) is 10.3 Å². The number of aryl methyl sites for hydroxylation is 2. The zero-order valence-corrected chi connectivity index (χ0v) is 10.8. The zero-order valence-electron chi connectivity index (χ0n) is 9.94. The average Bonchev–Trinajstić information content (AvgIpc) is 2.93. The lowest BCUT2D eigenvalue weighted by Crippen LogP contribution is -2.19. The van der Waals surface area contributed by atoms with Gasteiger partial charge in [0, 0.05) is 12.7 Å². The van der Waals surface area contributed by atoms with E-state index in [4.69, 9.17) is 0 Å². The predicted molar refractivity (Wildman–Crippen MR) is 71.2 cm³/mol. The number of nitrogens with one attached hydrogen (secondary N) is 1. The highest BCUT2D eigenvalue weighted by atomic mass is 32.1. The molecule has 0 spiro atoms. The van der Waals surface area contributed by atoms with Crippen molar-refractivity contribution in [1.29, 1.82) is 0 Å². The number of fused-ring (bicyclic) bond motifs is 1. The summed E-state index contributed by atoms with van der Waals surface area (Å²) in [6, 6.07) is 4.66. The van der Waals surface area contributed by atoms with Gasteiger partial charge in [0.2, 0.25) is 0 Å². The first-order valence-electron chi connectivity index (χ1n) is 6.03. The molecule has 1 unspecified atom stereocenters. The normalized spacial score (nSPS) is 18.3. The summed E-state index contributed by atoms with van der Waals surface area (Å²) >= 11 is 1.78. The molecule has 0 fully saturated rings. The first-order chi connectivity index (χ1) is 8.34. The van der Waals surface area contributed by atoms with Gasteiger partial charge in [-0.15, -0.1) is 0 Å². The Balaban J connectivity index is 1.70. The van der Waals surface area contributed by atoms with Crippen LogP contribution in [0.2, 0.25) is 0 Å². The molecule has 2 nitrogen and oxygen atoms in total. The van der Waals surface area contributed by atoms with Crippen LogP contribution in [0.4, 0.5) is 0 Å². The van der Waals surface area contributed by atoms with Crippen molar-refractivity contribution in [2.45, 2.75) is 32.4 Å². The number of pyridine rings is 1. The minimum Gasteiger partial charge on any atom is -0.304 e.